The summed E-state index contributed by atoms with van der Waals surface area (Å²) < 4.78 is 0.905. The van der Waals surface area contributed by atoms with Crippen LogP contribution in [-0.2, 0) is 0 Å². The number of unbranched alkanes of at least 4 members (excludes halogenated alkanes) is 3. The van der Waals surface area contributed by atoms with Gasteiger partial charge in [-0.05, 0) is 31.8 Å². The molecule has 0 saturated carbocycles. The van der Waals surface area contributed by atoms with Crippen LogP contribution in [0.25, 0.3) is 0 Å². The van der Waals surface area contributed by atoms with Crippen molar-refractivity contribution in [3.05, 3.63) is 0 Å². The summed E-state index contributed by atoms with van der Waals surface area (Å²) >= 11 is 4.28. The average molecular weight is 310 g/mol. The van der Waals surface area contributed by atoms with Gasteiger partial charge in [-0.2, -0.15) is 0 Å². The first-order valence-electron chi connectivity index (χ1n) is 7.62. The van der Waals surface area contributed by atoms with Crippen LogP contribution < -0.4 is 0 Å². The lowest BCUT2D eigenvalue weighted by molar-refractivity contribution is 0.836. The van der Waals surface area contributed by atoms with Gasteiger partial charge in [-0.15, -0.1) is 23.5 Å². The molecule has 110 valence electrons. The van der Waals surface area contributed by atoms with Crippen molar-refractivity contribution in [2.24, 2.45) is 0 Å². The molecule has 0 N–H and O–H groups in total. The Morgan fingerprint density at radius 1 is 0.722 bits per heavy atom. The van der Waals surface area contributed by atoms with Crippen LogP contribution in [0.1, 0.15) is 59.3 Å². The fourth-order valence-corrected chi connectivity index (χ4v) is 13.0. The van der Waals surface area contributed by atoms with E-state index in [0.29, 0.717) is 0 Å². The Morgan fingerprint density at radius 3 is 1.28 bits per heavy atom. The largest absolute Gasteiger partial charge is 0.159 e. The molecule has 0 aliphatic heterocycles. The normalized spacial score (nSPS) is 12.3. The van der Waals surface area contributed by atoms with Crippen molar-refractivity contribution in [3.63, 3.8) is 0 Å². The number of thioether (sulfide) groups is 2. The lowest BCUT2D eigenvalue weighted by Crippen LogP contribution is -2.17. The summed E-state index contributed by atoms with van der Waals surface area (Å²) in [6.45, 7) is 7.05. The van der Waals surface area contributed by atoms with Gasteiger partial charge in [0.15, 0.2) is 4.32 Å². The summed E-state index contributed by atoms with van der Waals surface area (Å²) in [5.74, 6) is 0. The van der Waals surface area contributed by atoms with E-state index in [4.69, 9.17) is 0 Å². The molecule has 3 heteroatoms. The topological polar surface area (TPSA) is 0 Å². The summed E-state index contributed by atoms with van der Waals surface area (Å²) in [5, 5.41) is 0. The molecular weight excluding hydrogens is 275 g/mol. The van der Waals surface area contributed by atoms with Crippen molar-refractivity contribution in [2.75, 3.05) is 31.0 Å². The summed E-state index contributed by atoms with van der Waals surface area (Å²) in [6, 6.07) is 0. The maximum Gasteiger partial charge on any atom is 0.159 e. The summed E-state index contributed by atoms with van der Waals surface area (Å²) in [6.07, 6.45) is 17.8. The number of rotatable bonds is 12. The van der Waals surface area contributed by atoms with Crippen molar-refractivity contribution >= 4 is 30.8 Å². The second-order valence-corrected chi connectivity index (χ2v) is 12.4. The Hall–Kier alpha value is 1.13. The maximum absolute atomic E-state index is 2.35. The first-order chi connectivity index (χ1) is 8.70. The monoisotopic (exact) mass is 309 g/mol. The lowest BCUT2D eigenvalue weighted by atomic mass is 10.4. The third kappa shape index (κ3) is 6.53. The van der Waals surface area contributed by atoms with Crippen molar-refractivity contribution in [1.29, 1.82) is 0 Å². The Bertz CT molecular complexity index is 160. The second kappa shape index (κ2) is 11.9. The number of hydrogen-bond acceptors (Lipinski definition) is 2. The minimum absolute atomic E-state index is 0.730. The molecule has 0 saturated heterocycles. The minimum atomic E-state index is -0.730. The second-order valence-electron chi connectivity index (χ2n) is 5.23. The van der Waals surface area contributed by atoms with E-state index in [9.17, 15) is 0 Å². The summed E-state index contributed by atoms with van der Waals surface area (Å²) in [7, 11) is -0.730. The van der Waals surface area contributed by atoms with Crippen LogP contribution in [0.3, 0.4) is 0 Å². The van der Waals surface area contributed by atoms with Crippen molar-refractivity contribution < 1.29 is 0 Å². The van der Waals surface area contributed by atoms with Crippen LogP contribution in [0.15, 0.2) is 0 Å². The van der Waals surface area contributed by atoms with Crippen molar-refractivity contribution in [3.8, 4) is 0 Å². The van der Waals surface area contributed by atoms with E-state index in [2.05, 4.69) is 56.8 Å². The molecule has 0 aromatic carbocycles. The van der Waals surface area contributed by atoms with Gasteiger partial charge in [-0.3, -0.25) is 0 Å². The van der Waals surface area contributed by atoms with E-state index >= 15 is 0 Å². The SMILES string of the molecule is CCCC[P+](CCCC)(CCCC)C(SC)SC. The van der Waals surface area contributed by atoms with Gasteiger partial charge in [0.25, 0.3) is 0 Å². The standard InChI is InChI=1S/C15H34PS2/c1-6-9-12-16(13-10-7-2,14-11-8-3)15(17-4)18-5/h15H,6-14H2,1-5H3/q+1. The fraction of sp³-hybridized carbons (Fsp3) is 1.00. The first-order valence-corrected chi connectivity index (χ1v) is 12.6. The third-order valence-corrected chi connectivity index (χ3v) is 14.1. The quantitative estimate of drug-likeness (QED) is 0.301. The lowest BCUT2D eigenvalue weighted by Gasteiger charge is -2.33. The fourth-order valence-electron chi connectivity index (χ4n) is 2.61. The molecule has 0 rings (SSSR count). The van der Waals surface area contributed by atoms with E-state index in [1.165, 1.54) is 38.5 Å². The zero-order valence-corrected chi connectivity index (χ0v) is 15.7. The molecular formula is C15H34PS2+. The van der Waals surface area contributed by atoms with Gasteiger partial charge in [-0.25, -0.2) is 0 Å². The zero-order chi connectivity index (χ0) is 13.9. The molecule has 0 spiro atoms. The molecule has 0 aliphatic rings. The highest BCUT2D eigenvalue weighted by Crippen LogP contribution is 2.70. The van der Waals surface area contributed by atoms with Crippen LogP contribution in [0, 0.1) is 0 Å². The molecule has 0 aromatic heterocycles. The molecule has 0 amide bonds. The molecule has 0 atom stereocenters. The predicted octanol–water partition coefficient (Wildman–Crippen LogP) is 6.41. The van der Waals surface area contributed by atoms with Crippen LogP contribution in [0.4, 0.5) is 0 Å². The van der Waals surface area contributed by atoms with Gasteiger partial charge in [0.1, 0.15) is 0 Å². The molecule has 0 heterocycles. The molecule has 0 aliphatic carbocycles. The highest BCUT2D eigenvalue weighted by molar-refractivity contribution is 8.25. The average Bonchev–Trinajstić information content (AvgIpc) is 2.41. The summed E-state index contributed by atoms with van der Waals surface area (Å²) in [5.41, 5.74) is 0. The van der Waals surface area contributed by atoms with Crippen molar-refractivity contribution in [1.82, 2.24) is 0 Å². The van der Waals surface area contributed by atoms with Crippen LogP contribution in [0.2, 0.25) is 0 Å². The maximum atomic E-state index is 2.35. The minimum Gasteiger partial charge on any atom is -0.111 e. The zero-order valence-electron chi connectivity index (χ0n) is 13.2. The van der Waals surface area contributed by atoms with Gasteiger partial charge in [0.05, 0.1) is 18.5 Å². The van der Waals surface area contributed by atoms with Gasteiger partial charge in [0.2, 0.25) is 0 Å². The highest BCUT2D eigenvalue weighted by atomic mass is 32.2. The molecule has 0 unspecified atom stereocenters. The molecule has 18 heavy (non-hydrogen) atoms. The predicted molar refractivity (Wildman–Crippen MR) is 97.1 cm³/mol. The van der Waals surface area contributed by atoms with Crippen LogP contribution in [-0.4, -0.2) is 35.3 Å². The molecule has 0 aromatic rings. The van der Waals surface area contributed by atoms with Crippen LogP contribution >= 0.6 is 30.8 Å². The Labute approximate surface area is 125 Å². The van der Waals surface area contributed by atoms with E-state index in [1.807, 2.05) is 0 Å². The molecule has 0 nitrogen and oxygen atoms in total. The highest BCUT2D eigenvalue weighted by Gasteiger charge is 2.43. The Morgan fingerprint density at radius 2 is 1.06 bits per heavy atom. The van der Waals surface area contributed by atoms with E-state index in [1.54, 1.807) is 18.5 Å². The van der Waals surface area contributed by atoms with Gasteiger partial charge in [-0.1, -0.05) is 40.0 Å². The van der Waals surface area contributed by atoms with E-state index in [-0.39, 0.29) is 0 Å². The van der Waals surface area contributed by atoms with Crippen molar-refractivity contribution in [2.45, 2.75) is 63.6 Å². The van der Waals surface area contributed by atoms with Gasteiger partial charge < -0.3 is 0 Å². The van der Waals surface area contributed by atoms with Gasteiger partial charge >= 0.3 is 0 Å². The Balaban J connectivity index is 4.82. The van der Waals surface area contributed by atoms with Crippen LogP contribution in [0.5, 0.6) is 0 Å². The third-order valence-electron chi connectivity index (χ3n) is 3.72. The van der Waals surface area contributed by atoms with Gasteiger partial charge in [0, 0.05) is 7.26 Å². The van der Waals surface area contributed by atoms with E-state index in [0.717, 1.165) is 4.32 Å². The summed E-state index contributed by atoms with van der Waals surface area (Å²) in [4.78, 5) is 0. The molecule has 0 bridgehead atoms. The number of hydrogen-bond donors (Lipinski definition) is 0. The van der Waals surface area contributed by atoms with E-state index < -0.39 is 7.26 Å². The first kappa shape index (κ1) is 19.1. The Kier molecular flexibility index (Phi) is 12.7. The smallest absolute Gasteiger partial charge is 0.111 e. The molecule has 0 radical (unpaired) electrons. The molecule has 0 fully saturated rings.